The van der Waals surface area contributed by atoms with E-state index in [2.05, 4.69) is 4.90 Å². The van der Waals surface area contributed by atoms with Crippen molar-refractivity contribution in [2.24, 2.45) is 0 Å². The minimum Gasteiger partial charge on any atom is -0.493 e. The first-order valence-corrected chi connectivity index (χ1v) is 8.67. The molecule has 0 saturated carbocycles. The molecule has 0 radical (unpaired) electrons. The summed E-state index contributed by atoms with van der Waals surface area (Å²) in [5.41, 5.74) is 0.969. The largest absolute Gasteiger partial charge is 0.493 e. The van der Waals surface area contributed by atoms with Gasteiger partial charge in [0.2, 0.25) is 0 Å². The highest BCUT2D eigenvalue weighted by atomic mass is 19.1. The quantitative estimate of drug-likeness (QED) is 0.824. The third-order valence-corrected chi connectivity index (χ3v) is 4.50. The Hall–Kier alpha value is -2.76. The number of hydrogen-bond donors (Lipinski definition) is 0. The molecule has 2 aromatic carbocycles. The van der Waals surface area contributed by atoms with Crippen molar-refractivity contribution in [2.75, 3.05) is 38.2 Å². The first-order valence-electron chi connectivity index (χ1n) is 8.67. The van der Waals surface area contributed by atoms with E-state index in [0.29, 0.717) is 37.7 Å². The molecule has 2 aromatic rings. The number of ether oxygens (including phenoxy) is 2. The van der Waals surface area contributed by atoms with Crippen LogP contribution >= 0.6 is 0 Å². The molecule has 0 aliphatic carbocycles. The Bertz CT molecular complexity index is 743. The third kappa shape index (κ3) is 4.07. The Morgan fingerprint density at radius 2 is 1.62 bits per heavy atom. The number of para-hydroxylation sites is 2. The molecule has 0 bridgehead atoms. The molecule has 138 valence electrons. The maximum absolute atomic E-state index is 13.0. The zero-order valence-electron chi connectivity index (χ0n) is 15.0. The number of anilines is 1. The van der Waals surface area contributed by atoms with Gasteiger partial charge in [-0.15, -0.1) is 0 Å². The Labute approximate surface area is 152 Å². The van der Waals surface area contributed by atoms with E-state index in [9.17, 15) is 9.18 Å². The van der Waals surface area contributed by atoms with E-state index in [0.717, 1.165) is 5.69 Å². The first-order chi connectivity index (χ1) is 12.6. The van der Waals surface area contributed by atoms with Crippen LogP contribution in [0.25, 0.3) is 0 Å². The summed E-state index contributed by atoms with van der Waals surface area (Å²) in [5, 5.41) is 0. The smallest absolute Gasteiger partial charge is 0.263 e. The molecule has 1 amide bonds. The van der Waals surface area contributed by atoms with Crippen LogP contribution < -0.4 is 14.4 Å². The lowest BCUT2D eigenvalue weighted by molar-refractivity contribution is -0.138. The Morgan fingerprint density at radius 3 is 2.23 bits per heavy atom. The van der Waals surface area contributed by atoms with Crippen LogP contribution in [0, 0.1) is 5.82 Å². The van der Waals surface area contributed by atoms with Gasteiger partial charge in [0.15, 0.2) is 17.6 Å². The van der Waals surface area contributed by atoms with Gasteiger partial charge in [-0.3, -0.25) is 4.79 Å². The molecule has 1 saturated heterocycles. The molecule has 0 aromatic heterocycles. The van der Waals surface area contributed by atoms with Crippen molar-refractivity contribution in [3.05, 3.63) is 54.3 Å². The fourth-order valence-electron chi connectivity index (χ4n) is 3.05. The number of rotatable bonds is 5. The second-order valence-electron chi connectivity index (χ2n) is 6.20. The molecule has 0 unspecified atom stereocenters. The van der Waals surface area contributed by atoms with E-state index < -0.39 is 6.10 Å². The van der Waals surface area contributed by atoms with Crippen LogP contribution in [0.3, 0.4) is 0 Å². The molecule has 3 rings (SSSR count). The zero-order chi connectivity index (χ0) is 18.5. The van der Waals surface area contributed by atoms with Gasteiger partial charge >= 0.3 is 0 Å². The van der Waals surface area contributed by atoms with Crippen molar-refractivity contribution < 1.29 is 18.7 Å². The highest BCUT2D eigenvalue weighted by molar-refractivity contribution is 5.81. The average Bonchev–Trinajstić information content (AvgIpc) is 2.68. The molecule has 1 aliphatic rings. The maximum atomic E-state index is 13.0. The van der Waals surface area contributed by atoms with Crippen LogP contribution in [0.5, 0.6) is 11.5 Å². The van der Waals surface area contributed by atoms with Crippen LogP contribution in [0.1, 0.15) is 6.92 Å². The summed E-state index contributed by atoms with van der Waals surface area (Å²) in [6, 6.07) is 13.7. The van der Waals surface area contributed by atoms with Crippen LogP contribution in [0.4, 0.5) is 10.1 Å². The van der Waals surface area contributed by atoms with E-state index in [-0.39, 0.29) is 11.7 Å². The second kappa shape index (κ2) is 8.08. The van der Waals surface area contributed by atoms with E-state index in [1.807, 2.05) is 12.1 Å². The van der Waals surface area contributed by atoms with Crippen molar-refractivity contribution in [1.29, 1.82) is 0 Å². The van der Waals surface area contributed by atoms with Crippen molar-refractivity contribution >= 4 is 11.6 Å². The summed E-state index contributed by atoms with van der Waals surface area (Å²) in [6.45, 7) is 4.38. The number of piperazine rings is 1. The van der Waals surface area contributed by atoms with Gasteiger partial charge < -0.3 is 19.3 Å². The van der Waals surface area contributed by atoms with Crippen LogP contribution in [-0.2, 0) is 4.79 Å². The summed E-state index contributed by atoms with van der Waals surface area (Å²) in [4.78, 5) is 16.6. The maximum Gasteiger partial charge on any atom is 0.263 e. The Kier molecular flexibility index (Phi) is 5.61. The average molecular weight is 358 g/mol. The Balaban J connectivity index is 1.56. The molecule has 1 heterocycles. The van der Waals surface area contributed by atoms with Crippen molar-refractivity contribution in [3.63, 3.8) is 0 Å². The second-order valence-corrected chi connectivity index (χ2v) is 6.20. The Morgan fingerprint density at radius 1 is 1.00 bits per heavy atom. The standard InChI is InChI=1S/C20H23FN2O3/c1-15(26-19-6-4-3-5-18(19)25-2)20(24)23-13-11-22(12-14-23)17-9-7-16(21)8-10-17/h3-10,15H,11-14H2,1-2H3/t15-/m0/s1. The van der Waals surface area contributed by atoms with E-state index >= 15 is 0 Å². The van der Waals surface area contributed by atoms with Gasteiger partial charge in [0.1, 0.15) is 5.82 Å². The van der Waals surface area contributed by atoms with Gasteiger partial charge in [-0.05, 0) is 43.3 Å². The molecule has 0 spiro atoms. The molecule has 0 N–H and O–H groups in total. The van der Waals surface area contributed by atoms with E-state index in [1.54, 1.807) is 43.2 Å². The molecule has 26 heavy (non-hydrogen) atoms. The van der Waals surface area contributed by atoms with E-state index in [1.165, 1.54) is 12.1 Å². The van der Waals surface area contributed by atoms with Crippen LogP contribution in [0.2, 0.25) is 0 Å². The number of hydrogen-bond acceptors (Lipinski definition) is 4. The molecule has 1 fully saturated rings. The van der Waals surface area contributed by atoms with E-state index in [4.69, 9.17) is 9.47 Å². The topological polar surface area (TPSA) is 42.0 Å². The fraction of sp³-hybridized carbons (Fsp3) is 0.350. The van der Waals surface area contributed by atoms with Gasteiger partial charge in [0.25, 0.3) is 5.91 Å². The number of methoxy groups -OCH3 is 1. The lowest BCUT2D eigenvalue weighted by atomic mass is 10.2. The predicted molar refractivity (Wildman–Crippen MR) is 98.3 cm³/mol. The predicted octanol–water partition coefficient (Wildman–Crippen LogP) is 2.95. The van der Waals surface area contributed by atoms with Crippen LogP contribution in [-0.4, -0.2) is 50.2 Å². The zero-order valence-corrected chi connectivity index (χ0v) is 15.0. The minimum atomic E-state index is -0.594. The summed E-state index contributed by atoms with van der Waals surface area (Å²) in [5.74, 6) is 0.869. The van der Waals surface area contributed by atoms with Crippen molar-refractivity contribution in [2.45, 2.75) is 13.0 Å². The first kappa shape index (κ1) is 18.0. The molecule has 1 atom stereocenters. The van der Waals surface area contributed by atoms with Gasteiger partial charge in [-0.2, -0.15) is 0 Å². The number of nitrogens with zero attached hydrogens (tertiary/aromatic N) is 2. The number of benzene rings is 2. The summed E-state index contributed by atoms with van der Waals surface area (Å²) >= 11 is 0. The van der Waals surface area contributed by atoms with Crippen molar-refractivity contribution in [1.82, 2.24) is 4.90 Å². The molecular weight excluding hydrogens is 335 g/mol. The third-order valence-electron chi connectivity index (χ3n) is 4.50. The summed E-state index contributed by atoms with van der Waals surface area (Å²) < 4.78 is 24.1. The number of carbonyl (C=O) groups is 1. The molecule has 5 nitrogen and oxygen atoms in total. The van der Waals surface area contributed by atoms with Gasteiger partial charge in [-0.25, -0.2) is 4.39 Å². The van der Waals surface area contributed by atoms with Gasteiger partial charge in [0, 0.05) is 31.9 Å². The summed E-state index contributed by atoms with van der Waals surface area (Å²) in [7, 11) is 1.57. The molecule has 1 aliphatic heterocycles. The highest BCUT2D eigenvalue weighted by Gasteiger charge is 2.26. The lowest BCUT2D eigenvalue weighted by Gasteiger charge is -2.37. The van der Waals surface area contributed by atoms with Gasteiger partial charge in [0.05, 0.1) is 7.11 Å². The minimum absolute atomic E-state index is 0.0466. The monoisotopic (exact) mass is 358 g/mol. The normalized spacial score (nSPS) is 15.5. The van der Waals surface area contributed by atoms with Crippen molar-refractivity contribution in [3.8, 4) is 11.5 Å². The molecular formula is C20H23FN2O3. The number of halogens is 1. The lowest BCUT2D eigenvalue weighted by Crippen LogP contribution is -2.52. The SMILES string of the molecule is COc1ccccc1O[C@@H](C)C(=O)N1CCN(c2ccc(F)cc2)CC1. The summed E-state index contributed by atoms with van der Waals surface area (Å²) in [6.07, 6.45) is -0.594. The van der Waals surface area contributed by atoms with Crippen LogP contribution in [0.15, 0.2) is 48.5 Å². The van der Waals surface area contributed by atoms with Gasteiger partial charge in [-0.1, -0.05) is 12.1 Å². The molecule has 6 heteroatoms. The highest BCUT2D eigenvalue weighted by Crippen LogP contribution is 2.27. The fourth-order valence-corrected chi connectivity index (χ4v) is 3.05. The number of amides is 1. The number of carbonyl (C=O) groups excluding carboxylic acids is 1.